The molecular weight excluding hydrogens is 242 g/mol. The van der Waals surface area contributed by atoms with E-state index in [1.54, 1.807) is 0 Å². The summed E-state index contributed by atoms with van der Waals surface area (Å²) < 4.78 is 0. The minimum absolute atomic E-state index is 0.0308. The Kier molecular flexibility index (Phi) is 6.41. The van der Waals surface area contributed by atoms with E-state index in [0.717, 1.165) is 44.9 Å². The van der Waals surface area contributed by atoms with E-state index in [4.69, 9.17) is 11.5 Å². The molecule has 0 aromatic heterocycles. The number of hydrogen-bond donors (Lipinski definition) is 2. The first-order chi connectivity index (χ1) is 9.08. The van der Waals surface area contributed by atoms with Crippen LogP contribution in [0, 0.1) is 12.3 Å². The van der Waals surface area contributed by atoms with E-state index in [0.29, 0.717) is 12.8 Å². The topological polar surface area (TPSA) is 66.4 Å². The van der Waals surface area contributed by atoms with Crippen molar-refractivity contribution < 1.29 is 14.7 Å². The molecule has 1 fully saturated rings. The third kappa shape index (κ3) is 5.78. The predicted molar refractivity (Wildman–Crippen MR) is 73.5 cm³/mol. The van der Waals surface area contributed by atoms with Crippen molar-refractivity contribution in [1.29, 1.82) is 0 Å². The third-order valence-electron chi connectivity index (χ3n) is 3.68. The van der Waals surface area contributed by atoms with Crippen molar-refractivity contribution in [2.45, 2.75) is 69.7 Å². The van der Waals surface area contributed by atoms with Crippen molar-refractivity contribution in [2.75, 3.05) is 0 Å². The van der Waals surface area contributed by atoms with E-state index in [2.05, 4.69) is 11.2 Å². The minimum atomic E-state index is -0.838. The number of rotatable bonds is 7. The van der Waals surface area contributed by atoms with Crippen LogP contribution in [0.25, 0.3) is 0 Å². The number of carboxylic acids is 1. The fourth-order valence-electron chi connectivity index (χ4n) is 2.73. The van der Waals surface area contributed by atoms with E-state index in [1.807, 2.05) is 0 Å². The number of unbranched alkanes of at least 4 members (excludes halogenated alkanes) is 2. The highest BCUT2D eigenvalue weighted by molar-refractivity contribution is 5.78. The lowest BCUT2D eigenvalue weighted by Gasteiger charge is -2.37. The van der Waals surface area contributed by atoms with Gasteiger partial charge < -0.3 is 10.4 Å². The number of nitrogens with one attached hydrogen (secondary N) is 1. The van der Waals surface area contributed by atoms with Gasteiger partial charge in [0.1, 0.15) is 0 Å². The Labute approximate surface area is 115 Å². The molecule has 0 heterocycles. The largest absolute Gasteiger partial charge is 0.481 e. The Balaban J connectivity index is 2.45. The molecule has 0 saturated heterocycles. The number of aliphatic carboxylic acids is 1. The van der Waals surface area contributed by atoms with Crippen LogP contribution in [-0.4, -0.2) is 22.5 Å². The number of carbonyl (C=O) groups excluding carboxylic acids is 1. The van der Waals surface area contributed by atoms with Crippen LogP contribution in [0.4, 0.5) is 0 Å². The van der Waals surface area contributed by atoms with Gasteiger partial charge in [0.25, 0.3) is 0 Å². The van der Waals surface area contributed by atoms with Gasteiger partial charge in [0, 0.05) is 12.8 Å². The Morgan fingerprint density at radius 3 is 2.47 bits per heavy atom. The monoisotopic (exact) mass is 265 g/mol. The predicted octanol–water partition coefficient (Wildman–Crippen LogP) is 2.47. The molecule has 0 spiro atoms. The van der Waals surface area contributed by atoms with Crippen LogP contribution in [0.5, 0.6) is 0 Å². The van der Waals surface area contributed by atoms with Gasteiger partial charge >= 0.3 is 5.97 Å². The number of carbonyl (C=O) groups is 2. The molecule has 2 N–H and O–H groups in total. The lowest BCUT2D eigenvalue weighted by molar-refractivity contribution is -0.139. The van der Waals surface area contributed by atoms with Gasteiger partial charge in [-0.1, -0.05) is 19.3 Å². The van der Waals surface area contributed by atoms with Crippen LogP contribution in [0.2, 0.25) is 0 Å². The first kappa shape index (κ1) is 15.6. The normalized spacial score (nSPS) is 17.4. The minimum Gasteiger partial charge on any atom is -0.481 e. The van der Waals surface area contributed by atoms with Gasteiger partial charge in [-0.15, -0.1) is 12.3 Å². The molecule has 0 unspecified atom stereocenters. The molecule has 106 valence electrons. The number of amides is 1. The highest BCUT2D eigenvalue weighted by atomic mass is 16.4. The molecule has 1 saturated carbocycles. The van der Waals surface area contributed by atoms with Gasteiger partial charge in [-0.2, -0.15) is 0 Å². The lowest BCUT2D eigenvalue weighted by Crippen LogP contribution is -2.51. The van der Waals surface area contributed by atoms with Crippen LogP contribution < -0.4 is 5.32 Å². The SMILES string of the molecule is C#CCCCCC(=O)NC1(CC(=O)O)CCCCC1. The molecule has 1 aliphatic rings. The summed E-state index contributed by atoms with van der Waals surface area (Å²) in [6.45, 7) is 0. The first-order valence-corrected chi connectivity index (χ1v) is 7.04. The van der Waals surface area contributed by atoms with Gasteiger partial charge in [0.2, 0.25) is 5.91 Å². The third-order valence-corrected chi connectivity index (χ3v) is 3.68. The first-order valence-electron chi connectivity index (χ1n) is 7.04. The molecule has 4 heteroatoms. The summed E-state index contributed by atoms with van der Waals surface area (Å²) in [6, 6.07) is 0. The molecule has 0 aromatic rings. The summed E-state index contributed by atoms with van der Waals surface area (Å²) in [5.41, 5.74) is -0.521. The van der Waals surface area contributed by atoms with Crippen molar-refractivity contribution in [2.24, 2.45) is 0 Å². The molecule has 19 heavy (non-hydrogen) atoms. The van der Waals surface area contributed by atoms with Crippen molar-refractivity contribution in [3.63, 3.8) is 0 Å². The molecule has 0 atom stereocenters. The van der Waals surface area contributed by atoms with Gasteiger partial charge in [0.15, 0.2) is 0 Å². The zero-order valence-electron chi connectivity index (χ0n) is 11.4. The Morgan fingerprint density at radius 2 is 1.89 bits per heavy atom. The molecule has 1 aliphatic carbocycles. The van der Waals surface area contributed by atoms with Crippen molar-refractivity contribution in [3.05, 3.63) is 0 Å². The summed E-state index contributed by atoms with van der Waals surface area (Å²) in [5.74, 6) is 1.67. The maximum Gasteiger partial charge on any atom is 0.305 e. The molecule has 1 rings (SSSR count). The summed E-state index contributed by atoms with van der Waals surface area (Å²) in [4.78, 5) is 22.9. The molecular formula is C15H23NO3. The summed E-state index contributed by atoms with van der Waals surface area (Å²) in [7, 11) is 0. The summed E-state index contributed by atoms with van der Waals surface area (Å²) >= 11 is 0. The van der Waals surface area contributed by atoms with Crippen LogP contribution in [0.15, 0.2) is 0 Å². The molecule has 0 aliphatic heterocycles. The van der Waals surface area contributed by atoms with E-state index in [9.17, 15) is 9.59 Å². The maximum atomic E-state index is 11.9. The Morgan fingerprint density at radius 1 is 1.21 bits per heavy atom. The molecule has 0 radical (unpaired) electrons. The number of carboxylic acid groups (broad SMARTS) is 1. The van der Waals surface area contributed by atoms with E-state index >= 15 is 0 Å². The van der Waals surface area contributed by atoms with Crippen LogP contribution in [0.3, 0.4) is 0 Å². The smallest absolute Gasteiger partial charge is 0.305 e. The van der Waals surface area contributed by atoms with Crippen LogP contribution >= 0.6 is 0 Å². The highest BCUT2D eigenvalue weighted by Crippen LogP contribution is 2.31. The number of terminal acetylenes is 1. The maximum absolute atomic E-state index is 11.9. The van der Waals surface area contributed by atoms with E-state index < -0.39 is 11.5 Å². The zero-order chi connectivity index (χ0) is 14.1. The van der Waals surface area contributed by atoms with Gasteiger partial charge in [-0.05, 0) is 25.7 Å². The van der Waals surface area contributed by atoms with Crippen LogP contribution in [-0.2, 0) is 9.59 Å². The molecule has 0 aromatic carbocycles. The quantitative estimate of drug-likeness (QED) is 0.549. The van der Waals surface area contributed by atoms with Gasteiger partial charge in [0.05, 0.1) is 12.0 Å². The second kappa shape index (κ2) is 7.83. The second-order valence-corrected chi connectivity index (χ2v) is 5.37. The van der Waals surface area contributed by atoms with E-state index in [1.165, 1.54) is 0 Å². The molecule has 0 bridgehead atoms. The zero-order valence-corrected chi connectivity index (χ0v) is 11.4. The molecule has 4 nitrogen and oxygen atoms in total. The summed E-state index contributed by atoms with van der Waals surface area (Å²) in [6.07, 6.45) is 12.6. The fourth-order valence-corrected chi connectivity index (χ4v) is 2.73. The molecule has 1 amide bonds. The summed E-state index contributed by atoms with van der Waals surface area (Å²) in [5, 5.41) is 12.0. The average Bonchev–Trinajstić information content (AvgIpc) is 2.34. The van der Waals surface area contributed by atoms with E-state index in [-0.39, 0.29) is 12.3 Å². The highest BCUT2D eigenvalue weighted by Gasteiger charge is 2.35. The van der Waals surface area contributed by atoms with Crippen molar-refractivity contribution in [1.82, 2.24) is 5.32 Å². The fraction of sp³-hybridized carbons (Fsp3) is 0.733. The average molecular weight is 265 g/mol. The van der Waals surface area contributed by atoms with Crippen molar-refractivity contribution >= 4 is 11.9 Å². The number of hydrogen-bond acceptors (Lipinski definition) is 2. The standard InChI is InChI=1S/C15H23NO3/c1-2-3-4-6-9-13(17)16-15(12-14(18)19)10-7-5-8-11-15/h1H,3-12H2,(H,16,17)(H,18,19). The lowest BCUT2D eigenvalue weighted by atomic mass is 9.79. The van der Waals surface area contributed by atoms with Crippen LogP contribution in [0.1, 0.15) is 64.2 Å². The Hall–Kier alpha value is -1.50. The van der Waals surface area contributed by atoms with Crippen molar-refractivity contribution in [3.8, 4) is 12.3 Å². The van der Waals surface area contributed by atoms with Gasteiger partial charge in [-0.3, -0.25) is 9.59 Å². The second-order valence-electron chi connectivity index (χ2n) is 5.37. The van der Waals surface area contributed by atoms with Gasteiger partial charge in [-0.25, -0.2) is 0 Å². The Bertz CT molecular complexity index is 351.